The number of nitrogens with one attached hydrogen (secondary N) is 1. The van der Waals surface area contributed by atoms with Gasteiger partial charge in [-0.1, -0.05) is 6.42 Å². The summed E-state index contributed by atoms with van der Waals surface area (Å²) in [5.74, 6) is 1.86. The monoisotopic (exact) mass is 547 g/mol. The van der Waals surface area contributed by atoms with Gasteiger partial charge in [0, 0.05) is 59.3 Å². The van der Waals surface area contributed by atoms with Gasteiger partial charge in [0.05, 0.1) is 6.54 Å². The minimum Gasteiger partial charge on any atom is -0.492 e. The van der Waals surface area contributed by atoms with E-state index >= 15 is 0 Å². The average Bonchev–Trinajstić information content (AvgIpc) is 2.71. The van der Waals surface area contributed by atoms with Crippen LogP contribution in [0.3, 0.4) is 0 Å². The first-order valence-electron chi connectivity index (χ1n) is 10.9. The van der Waals surface area contributed by atoms with Gasteiger partial charge in [-0.25, -0.2) is 4.39 Å². The molecule has 0 spiro atoms. The highest BCUT2D eigenvalue weighted by atomic mass is 127. The molecule has 1 aliphatic carbocycles. The summed E-state index contributed by atoms with van der Waals surface area (Å²) in [6, 6.07) is 6.04. The summed E-state index contributed by atoms with van der Waals surface area (Å²) < 4.78 is 18.6. The maximum absolute atomic E-state index is 12.9. The SMILES string of the molecule is CN=C(NCCN1CCN(C(=O)C2CCC2)CC1)N(C)CCOc1ccc(F)cc1.I. The molecule has 7 nitrogen and oxygen atoms in total. The molecule has 1 N–H and O–H groups in total. The number of carbonyl (C=O) groups excluding carboxylic acids is 1. The molecule has 1 aliphatic heterocycles. The molecule has 1 saturated carbocycles. The second-order valence-electron chi connectivity index (χ2n) is 7.99. The van der Waals surface area contributed by atoms with Crippen LogP contribution in [0.25, 0.3) is 0 Å². The van der Waals surface area contributed by atoms with Crippen molar-refractivity contribution in [1.29, 1.82) is 0 Å². The lowest BCUT2D eigenvalue weighted by Gasteiger charge is -2.38. The van der Waals surface area contributed by atoms with Crippen molar-refractivity contribution in [3.05, 3.63) is 30.1 Å². The molecular weight excluding hydrogens is 512 g/mol. The highest BCUT2D eigenvalue weighted by Crippen LogP contribution is 2.28. The van der Waals surface area contributed by atoms with Crippen LogP contribution in [0.5, 0.6) is 5.75 Å². The zero-order valence-electron chi connectivity index (χ0n) is 18.6. The third-order valence-corrected chi connectivity index (χ3v) is 5.93. The molecule has 2 fully saturated rings. The number of aliphatic imine (C=N–C) groups is 1. The van der Waals surface area contributed by atoms with Gasteiger partial charge >= 0.3 is 0 Å². The first-order chi connectivity index (χ1) is 14.6. The summed E-state index contributed by atoms with van der Waals surface area (Å²) in [7, 11) is 3.73. The minimum atomic E-state index is -0.268. The molecule has 0 radical (unpaired) electrons. The number of piperazine rings is 1. The van der Waals surface area contributed by atoms with E-state index in [0.29, 0.717) is 30.7 Å². The van der Waals surface area contributed by atoms with Gasteiger partial charge in [-0.15, -0.1) is 24.0 Å². The Morgan fingerprint density at radius 3 is 2.48 bits per heavy atom. The molecule has 0 aromatic heterocycles. The van der Waals surface area contributed by atoms with Crippen LogP contribution in [-0.4, -0.2) is 93.1 Å². The fourth-order valence-electron chi connectivity index (χ4n) is 3.75. The van der Waals surface area contributed by atoms with Crippen molar-refractivity contribution >= 4 is 35.8 Å². The Bertz CT molecular complexity index is 706. The van der Waals surface area contributed by atoms with Crippen LogP contribution in [0, 0.1) is 11.7 Å². The van der Waals surface area contributed by atoms with Gasteiger partial charge in [0.25, 0.3) is 0 Å². The first kappa shape index (κ1) is 25.6. The molecule has 174 valence electrons. The van der Waals surface area contributed by atoms with Gasteiger partial charge in [-0.3, -0.25) is 14.7 Å². The number of likely N-dealkylation sites (N-methyl/N-ethyl adjacent to an activating group) is 1. The Hall–Kier alpha value is -1.62. The van der Waals surface area contributed by atoms with Gasteiger partial charge < -0.3 is 19.9 Å². The van der Waals surface area contributed by atoms with Crippen LogP contribution < -0.4 is 10.1 Å². The maximum atomic E-state index is 12.9. The standard InChI is InChI=1S/C22H34FN5O2.HI/c1-24-22(26(2)16-17-30-20-8-6-19(23)7-9-20)25-10-11-27-12-14-28(15-13-27)21(29)18-4-3-5-18;/h6-9,18H,3-5,10-17H2,1-2H3,(H,24,25);1H. The number of guanidine groups is 1. The normalized spacial score (nSPS) is 17.5. The van der Waals surface area contributed by atoms with Crippen molar-refractivity contribution in [2.45, 2.75) is 19.3 Å². The number of rotatable bonds is 8. The number of nitrogens with zero attached hydrogens (tertiary/aromatic N) is 4. The second kappa shape index (κ2) is 13.0. The molecule has 0 atom stereocenters. The van der Waals surface area contributed by atoms with Crippen LogP contribution >= 0.6 is 24.0 Å². The Balaban J connectivity index is 0.00000341. The van der Waals surface area contributed by atoms with Crippen molar-refractivity contribution in [2.24, 2.45) is 10.9 Å². The van der Waals surface area contributed by atoms with E-state index in [4.69, 9.17) is 4.74 Å². The fraction of sp³-hybridized carbons (Fsp3) is 0.636. The lowest BCUT2D eigenvalue weighted by Crippen LogP contribution is -2.52. The molecule has 1 aromatic rings. The second-order valence-corrected chi connectivity index (χ2v) is 7.99. The van der Waals surface area contributed by atoms with Crippen LogP contribution in [0.2, 0.25) is 0 Å². The van der Waals surface area contributed by atoms with E-state index in [9.17, 15) is 9.18 Å². The Morgan fingerprint density at radius 1 is 1.23 bits per heavy atom. The third-order valence-electron chi connectivity index (χ3n) is 5.93. The zero-order valence-corrected chi connectivity index (χ0v) is 20.9. The summed E-state index contributed by atoms with van der Waals surface area (Å²) in [6.45, 7) is 6.41. The maximum Gasteiger partial charge on any atom is 0.225 e. The van der Waals surface area contributed by atoms with Gasteiger partial charge in [-0.2, -0.15) is 0 Å². The van der Waals surface area contributed by atoms with Crippen molar-refractivity contribution in [3.63, 3.8) is 0 Å². The van der Waals surface area contributed by atoms with E-state index in [0.717, 1.165) is 58.1 Å². The van der Waals surface area contributed by atoms with Crippen molar-refractivity contribution < 1.29 is 13.9 Å². The lowest BCUT2D eigenvalue weighted by molar-refractivity contribution is -0.139. The minimum absolute atomic E-state index is 0. The lowest BCUT2D eigenvalue weighted by atomic mass is 9.84. The van der Waals surface area contributed by atoms with Crippen LogP contribution in [0.1, 0.15) is 19.3 Å². The van der Waals surface area contributed by atoms with E-state index < -0.39 is 0 Å². The molecule has 0 unspecified atom stereocenters. The highest BCUT2D eigenvalue weighted by molar-refractivity contribution is 14.0. The molecule has 9 heteroatoms. The van der Waals surface area contributed by atoms with Gasteiger partial charge in [0.2, 0.25) is 5.91 Å². The molecule has 31 heavy (non-hydrogen) atoms. The quantitative estimate of drug-likeness (QED) is 0.308. The van der Waals surface area contributed by atoms with Crippen molar-refractivity contribution in [3.8, 4) is 5.75 Å². The number of hydrogen-bond donors (Lipinski definition) is 1. The van der Waals surface area contributed by atoms with Gasteiger partial charge in [-0.05, 0) is 37.1 Å². The molecule has 1 amide bonds. The molecule has 1 aromatic carbocycles. The number of halogens is 2. The predicted octanol–water partition coefficient (Wildman–Crippen LogP) is 2.27. The fourth-order valence-corrected chi connectivity index (χ4v) is 3.75. The largest absolute Gasteiger partial charge is 0.492 e. The summed E-state index contributed by atoms with van der Waals surface area (Å²) in [5, 5.41) is 3.39. The summed E-state index contributed by atoms with van der Waals surface area (Å²) in [4.78, 5) is 23.1. The summed E-state index contributed by atoms with van der Waals surface area (Å²) in [6.07, 6.45) is 3.35. The van der Waals surface area contributed by atoms with E-state index in [1.165, 1.54) is 18.6 Å². The zero-order chi connectivity index (χ0) is 21.3. The predicted molar refractivity (Wildman–Crippen MR) is 132 cm³/mol. The molecule has 1 saturated heterocycles. The Morgan fingerprint density at radius 2 is 1.90 bits per heavy atom. The number of amides is 1. The van der Waals surface area contributed by atoms with Crippen LogP contribution in [-0.2, 0) is 4.79 Å². The number of ether oxygens (including phenoxy) is 1. The molecule has 1 heterocycles. The van der Waals surface area contributed by atoms with Crippen molar-refractivity contribution in [1.82, 2.24) is 20.0 Å². The summed E-state index contributed by atoms with van der Waals surface area (Å²) >= 11 is 0. The van der Waals surface area contributed by atoms with E-state index in [1.807, 2.05) is 16.8 Å². The Labute approximate surface area is 202 Å². The van der Waals surface area contributed by atoms with Gasteiger partial charge in [0.1, 0.15) is 18.2 Å². The summed E-state index contributed by atoms with van der Waals surface area (Å²) in [5.41, 5.74) is 0. The number of benzene rings is 1. The van der Waals surface area contributed by atoms with E-state index in [1.54, 1.807) is 19.2 Å². The molecule has 2 aliphatic rings. The molecule has 3 rings (SSSR count). The van der Waals surface area contributed by atoms with Crippen LogP contribution in [0.4, 0.5) is 4.39 Å². The van der Waals surface area contributed by atoms with Crippen molar-refractivity contribution in [2.75, 3.05) is 66.5 Å². The number of carbonyl (C=O) groups is 1. The molecule has 0 bridgehead atoms. The Kier molecular flexibility index (Phi) is 10.8. The third kappa shape index (κ3) is 7.78. The van der Waals surface area contributed by atoms with Gasteiger partial charge in [0.15, 0.2) is 5.96 Å². The smallest absolute Gasteiger partial charge is 0.225 e. The topological polar surface area (TPSA) is 60.4 Å². The highest BCUT2D eigenvalue weighted by Gasteiger charge is 2.31. The van der Waals surface area contributed by atoms with Crippen LogP contribution in [0.15, 0.2) is 29.3 Å². The first-order valence-corrected chi connectivity index (χ1v) is 10.9. The number of hydrogen-bond acceptors (Lipinski definition) is 4. The van der Waals surface area contributed by atoms with E-state index in [2.05, 4.69) is 15.2 Å². The van der Waals surface area contributed by atoms with E-state index in [-0.39, 0.29) is 29.8 Å². The molecular formula is C22H35FIN5O2. The average molecular weight is 547 g/mol.